The lowest BCUT2D eigenvalue weighted by atomic mass is 10.1. The van der Waals surface area contributed by atoms with E-state index >= 15 is 0 Å². The molecule has 0 bridgehead atoms. The smallest absolute Gasteiger partial charge is 0.338 e. The molecule has 0 saturated heterocycles. The number of rotatable bonds is 9. The van der Waals surface area contributed by atoms with Crippen molar-refractivity contribution in [3.8, 4) is 17.3 Å². The number of unbranched alkanes of at least 4 members (excludes halogenated alkanes) is 3. The van der Waals surface area contributed by atoms with E-state index in [1.165, 1.54) is 11.3 Å². The van der Waals surface area contributed by atoms with Gasteiger partial charge in [-0.2, -0.15) is 5.26 Å². The number of hydrogen-bond acceptors (Lipinski definition) is 5. The Hall–Kier alpha value is -2.42. The standard InChI is InChI=1S/C22H23ClN2O2S/c1-4-5-6-7-8-20(27-22(26)15(2)3)18(13-24)21-25-19(14-28-21)16-9-11-17(23)12-10-16/h9-12,14H,2,4-8H2,1,3H3/b20-18+. The number of nitriles is 1. The Labute approximate surface area is 175 Å². The highest BCUT2D eigenvalue weighted by Crippen LogP contribution is 2.30. The molecule has 1 aromatic carbocycles. The van der Waals surface area contributed by atoms with Crippen molar-refractivity contribution in [2.24, 2.45) is 0 Å². The highest BCUT2D eigenvalue weighted by Gasteiger charge is 2.18. The van der Waals surface area contributed by atoms with Crippen LogP contribution in [-0.2, 0) is 9.53 Å². The molecule has 0 saturated carbocycles. The summed E-state index contributed by atoms with van der Waals surface area (Å²) in [5, 5.41) is 12.8. The van der Waals surface area contributed by atoms with Crippen molar-refractivity contribution in [2.45, 2.75) is 46.0 Å². The van der Waals surface area contributed by atoms with Crippen LogP contribution in [0.2, 0.25) is 5.02 Å². The third kappa shape index (κ3) is 6.05. The van der Waals surface area contributed by atoms with Crippen LogP contribution in [0.1, 0.15) is 51.0 Å². The Bertz CT molecular complexity index is 907. The first kappa shape index (κ1) is 21.9. The number of thiazole rings is 1. The fourth-order valence-corrected chi connectivity index (χ4v) is 3.48. The molecule has 6 heteroatoms. The van der Waals surface area contributed by atoms with Gasteiger partial charge in [-0.3, -0.25) is 0 Å². The fraction of sp³-hybridized carbons (Fsp3) is 0.318. The van der Waals surface area contributed by atoms with E-state index in [-0.39, 0.29) is 0 Å². The Balaban J connectivity index is 2.34. The highest BCUT2D eigenvalue weighted by molar-refractivity contribution is 7.11. The van der Waals surface area contributed by atoms with Crippen LogP contribution < -0.4 is 0 Å². The molecule has 0 amide bonds. The number of allylic oxidation sites excluding steroid dienone is 2. The summed E-state index contributed by atoms with van der Waals surface area (Å²) in [5.74, 6) is -0.156. The van der Waals surface area contributed by atoms with E-state index in [9.17, 15) is 10.1 Å². The molecule has 0 aliphatic rings. The lowest BCUT2D eigenvalue weighted by Gasteiger charge is -2.10. The minimum absolute atomic E-state index is 0.296. The highest BCUT2D eigenvalue weighted by atomic mass is 35.5. The van der Waals surface area contributed by atoms with Crippen LogP contribution in [0.5, 0.6) is 0 Å². The van der Waals surface area contributed by atoms with Gasteiger partial charge in [0.15, 0.2) is 0 Å². The first-order chi connectivity index (χ1) is 13.5. The number of esters is 1. The second-order valence-corrected chi connectivity index (χ2v) is 7.73. The molecule has 0 atom stereocenters. The van der Waals surface area contributed by atoms with E-state index in [0.717, 1.165) is 36.9 Å². The van der Waals surface area contributed by atoms with Gasteiger partial charge in [0.1, 0.15) is 22.4 Å². The number of halogens is 1. The molecular weight excluding hydrogens is 392 g/mol. The molecule has 1 aromatic heterocycles. The van der Waals surface area contributed by atoms with Crippen molar-refractivity contribution in [3.63, 3.8) is 0 Å². The molecule has 0 spiro atoms. The lowest BCUT2D eigenvalue weighted by Crippen LogP contribution is -2.07. The van der Waals surface area contributed by atoms with Crippen LogP contribution in [0.15, 0.2) is 47.6 Å². The van der Waals surface area contributed by atoms with Crippen LogP contribution in [0.3, 0.4) is 0 Å². The third-order valence-corrected chi connectivity index (χ3v) is 5.18. The molecule has 146 valence electrons. The summed E-state index contributed by atoms with van der Waals surface area (Å²) < 4.78 is 5.50. The van der Waals surface area contributed by atoms with Crippen molar-refractivity contribution < 1.29 is 9.53 Å². The third-order valence-electron chi connectivity index (χ3n) is 4.07. The van der Waals surface area contributed by atoms with Crippen LogP contribution >= 0.6 is 22.9 Å². The molecule has 1 heterocycles. The maximum atomic E-state index is 12.1. The summed E-state index contributed by atoms with van der Waals surface area (Å²) in [6.07, 6.45) is 4.57. The van der Waals surface area contributed by atoms with Crippen LogP contribution in [-0.4, -0.2) is 11.0 Å². The summed E-state index contributed by atoms with van der Waals surface area (Å²) in [4.78, 5) is 16.6. The van der Waals surface area contributed by atoms with Crippen molar-refractivity contribution in [1.29, 1.82) is 5.26 Å². The van der Waals surface area contributed by atoms with Crippen LogP contribution in [0.25, 0.3) is 16.8 Å². The molecule has 0 N–H and O–H groups in total. The monoisotopic (exact) mass is 414 g/mol. The van der Waals surface area contributed by atoms with Gasteiger partial charge in [0.2, 0.25) is 0 Å². The van der Waals surface area contributed by atoms with Gasteiger partial charge in [0.25, 0.3) is 0 Å². The first-order valence-corrected chi connectivity index (χ1v) is 10.4. The van der Waals surface area contributed by atoms with Gasteiger partial charge >= 0.3 is 5.97 Å². The lowest BCUT2D eigenvalue weighted by molar-refractivity contribution is -0.135. The van der Waals surface area contributed by atoms with Gasteiger partial charge in [-0.1, -0.05) is 56.5 Å². The molecule has 0 fully saturated rings. The summed E-state index contributed by atoms with van der Waals surface area (Å²) in [6.45, 7) is 7.34. The second kappa shape index (κ2) is 10.8. The predicted octanol–water partition coefficient (Wildman–Crippen LogP) is 6.79. The van der Waals surface area contributed by atoms with E-state index in [0.29, 0.717) is 33.4 Å². The topological polar surface area (TPSA) is 63.0 Å². The molecule has 0 aliphatic heterocycles. The molecule has 2 rings (SSSR count). The molecule has 0 unspecified atom stereocenters. The maximum Gasteiger partial charge on any atom is 0.338 e. The normalized spacial score (nSPS) is 11.5. The van der Waals surface area contributed by atoms with Gasteiger partial charge in [-0.15, -0.1) is 11.3 Å². The average Bonchev–Trinajstić information content (AvgIpc) is 3.15. The quantitative estimate of drug-likeness (QED) is 0.149. The number of carbonyl (C=O) groups is 1. The van der Waals surface area contributed by atoms with Gasteiger partial charge in [0.05, 0.1) is 5.69 Å². The fourth-order valence-electron chi connectivity index (χ4n) is 2.51. The minimum Gasteiger partial charge on any atom is -0.426 e. The Morgan fingerprint density at radius 2 is 2.00 bits per heavy atom. The minimum atomic E-state index is -0.521. The first-order valence-electron chi connectivity index (χ1n) is 9.19. The number of ether oxygens (including phenoxy) is 1. The maximum absolute atomic E-state index is 12.1. The van der Waals surface area contributed by atoms with E-state index in [1.54, 1.807) is 19.1 Å². The van der Waals surface area contributed by atoms with E-state index in [1.807, 2.05) is 17.5 Å². The van der Waals surface area contributed by atoms with Crippen molar-refractivity contribution in [3.05, 3.63) is 57.6 Å². The number of nitrogens with zero attached hydrogens (tertiary/aromatic N) is 2. The Morgan fingerprint density at radius 1 is 1.29 bits per heavy atom. The zero-order valence-electron chi connectivity index (χ0n) is 16.1. The number of aromatic nitrogens is 1. The average molecular weight is 415 g/mol. The number of hydrogen-bond donors (Lipinski definition) is 0. The van der Waals surface area contributed by atoms with E-state index in [2.05, 4.69) is 24.6 Å². The van der Waals surface area contributed by atoms with Crippen molar-refractivity contribution in [1.82, 2.24) is 4.98 Å². The molecule has 4 nitrogen and oxygen atoms in total. The molecule has 0 radical (unpaired) electrons. The van der Waals surface area contributed by atoms with Gasteiger partial charge in [0, 0.05) is 28.0 Å². The van der Waals surface area contributed by atoms with E-state index in [4.69, 9.17) is 16.3 Å². The van der Waals surface area contributed by atoms with Gasteiger partial charge < -0.3 is 4.74 Å². The summed E-state index contributed by atoms with van der Waals surface area (Å²) in [6, 6.07) is 9.53. The zero-order valence-corrected chi connectivity index (χ0v) is 17.7. The molecule has 28 heavy (non-hydrogen) atoms. The SMILES string of the molecule is C=C(C)C(=O)O/C(CCCCCC)=C(\C#N)c1nc(-c2ccc(Cl)cc2)cs1. The van der Waals surface area contributed by atoms with Crippen molar-refractivity contribution >= 4 is 34.5 Å². The van der Waals surface area contributed by atoms with Crippen LogP contribution in [0.4, 0.5) is 0 Å². The summed E-state index contributed by atoms with van der Waals surface area (Å²) in [7, 11) is 0. The van der Waals surface area contributed by atoms with E-state index < -0.39 is 5.97 Å². The largest absolute Gasteiger partial charge is 0.426 e. The molecular formula is C22H23ClN2O2S. The number of benzene rings is 1. The predicted molar refractivity (Wildman–Crippen MR) is 115 cm³/mol. The summed E-state index contributed by atoms with van der Waals surface area (Å²) >= 11 is 7.29. The Kier molecular flexibility index (Phi) is 8.43. The van der Waals surface area contributed by atoms with Crippen molar-refractivity contribution in [2.75, 3.05) is 0 Å². The summed E-state index contributed by atoms with van der Waals surface area (Å²) in [5.41, 5.74) is 2.26. The number of carbonyl (C=O) groups excluding carboxylic acids is 1. The Morgan fingerprint density at radius 3 is 2.61 bits per heavy atom. The van der Waals surface area contributed by atoms with Gasteiger partial charge in [-0.25, -0.2) is 9.78 Å². The molecule has 0 aliphatic carbocycles. The van der Waals surface area contributed by atoms with Gasteiger partial charge in [-0.05, 0) is 25.5 Å². The zero-order chi connectivity index (χ0) is 20.5. The second-order valence-electron chi connectivity index (χ2n) is 6.44. The molecule has 2 aromatic rings. The van der Waals surface area contributed by atoms with Crippen LogP contribution in [0, 0.1) is 11.3 Å².